The Morgan fingerprint density at radius 3 is 2.86 bits per heavy atom. The average molecular weight is 379 g/mol. The number of piperidine rings is 1. The third-order valence-electron chi connectivity index (χ3n) is 6.09. The highest BCUT2D eigenvalue weighted by molar-refractivity contribution is 5.89. The van der Waals surface area contributed by atoms with Crippen LogP contribution in [0.4, 0.5) is 10.2 Å². The summed E-state index contributed by atoms with van der Waals surface area (Å²) in [5.41, 5.74) is 1.19. The largest absolute Gasteiger partial charge is 0.507 e. The van der Waals surface area contributed by atoms with Crippen molar-refractivity contribution < 1.29 is 9.50 Å². The van der Waals surface area contributed by atoms with Crippen molar-refractivity contribution >= 4 is 16.6 Å². The highest BCUT2D eigenvalue weighted by Gasteiger charge is 2.43. The van der Waals surface area contributed by atoms with Crippen LogP contribution in [0.5, 0.6) is 5.75 Å². The molecule has 2 N–H and O–H groups in total. The van der Waals surface area contributed by atoms with Gasteiger partial charge in [0.15, 0.2) is 5.82 Å². The summed E-state index contributed by atoms with van der Waals surface area (Å²) in [6, 6.07) is 9.25. The van der Waals surface area contributed by atoms with Crippen molar-refractivity contribution in [1.82, 2.24) is 20.5 Å². The van der Waals surface area contributed by atoms with Gasteiger partial charge in [-0.1, -0.05) is 0 Å². The molecular formula is C21H22FN5O. The SMILES string of the molecule is CN(c1ccc(-c2cc3ccncc3cc2O)nn1)[C@H]1C[C@@H]2CC[C@@H](N2)[C@H]1F. The first-order chi connectivity index (χ1) is 13.6. The highest BCUT2D eigenvalue weighted by atomic mass is 19.1. The maximum Gasteiger partial charge on any atom is 0.151 e. The molecule has 6 nitrogen and oxygen atoms in total. The molecule has 0 amide bonds. The minimum atomic E-state index is -0.914. The van der Waals surface area contributed by atoms with Crippen LogP contribution in [0, 0.1) is 0 Å². The number of aromatic nitrogens is 3. The number of nitrogens with one attached hydrogen (secondary N) is 1. The Hall–Kier alpha value is -2.80. The quantitative estimate of drug-likeness (QED) is 0.729. The molecule has 2 aliphatic heterocycles. The molecule has 2 aliphatic rings. The van der Waals surface area contributed by atoms with Crippen LogP contribution in [0.3, 0.4) is 0 Å². The number of hydrogen-bond acceptors (Lipinski definition) is 6. The highest BCUT2D eigenvalue weighted by Crippen LogP contribution is 2.34. The van der Waals surface area contributed by atoms with E-state index in [1.54, 1.807) is 18.5 Å². The molecule has 4 heterocycles. The number of rotatable bonds is 3. The van der Waals surface area contributed by atoms with Gasteiger partial charge in [-0.2, -0.15) is 0 Å². The predicted molar refractivity (Wildman–Crippen MR) is 106 cm³/mol. The van der Waals surface area contributed by atoms with E-state index in [4.69, 9.17) is 0 Å². The van der Waals surface area contributed by atoms with Crippen LogP contribution < -0.4 is 10.2 Å². The normalized spacial score (nSPS) is 26.5. The minimum absolute atomic E-state index is 0.0533. The third-order valence-corrected chi connectivity index (χ3v) is 6.09. The average Bonchev–Trinajstić information content (AvgIpc) is 3.13. The molecule has 0 spiro atoms. The summed E-state index contributed by atoms with van der Waals surface area (Å²) in [6.07, 6.45) is 5.23. The van der Waals surface area contributed by atoms with Gasteiger partial charge in [0.25, 0.3) is 0 Å². The zero-order valence-corrected chi connectivity index (χ0v) is 15.6. The second kappa shape index (κ2) is 6.67. The second-order valence-electron chi connectivity index (χ2n) is 7.77. The Labute approximate surface area is 162 Å². The minimum Gasteiger partial charge on any atom is -0.507 e. The van der Waals surface area contributed by atoms with Crippen LogP contribution in [0.1, 0.15) is 19.3 Å². The van der Waals surface area contributed by atoms with Gasteiger partial charge in [0, 0.05) is 42.5 Å². The summed E-state index contributed by atoms with van der Waals surface area (Å²) < 4.78 is 14.8. The summed E-state index contributed by atoms with van der Waals surface area (Å²) >= 11 is 0. The van der Waals surface area contributed by atoms with Crippen molar-refractivity contribution in [2.45, 2.75) is 43.6 Å². The van der Waals surface area contributed by atoms with Gasteiger partial charge in [-0.25, -0.2) is 4.39 Å². The van der Waals surface area contributed by atoms with Crippen LogP contribution >= 0.6 is 0 Å². The van der Waals surface area contributed by atoms with Crippen LogP contribution in [0.15, 0.2) is 42.7 Å². The van der Waals surface area contributed by atoms with E-state index >= 15 is 0 Å². The fourth-order valence-corrected chi connectivity index (χ4v) is 4.50. The number of pyridine rings is 1. The molecule has 4 atom stereocenters. The lowest BCUT2D eigenvalue weighted by molar-refractivity contribution is 0.176. The Balaban J connectivity index is 1.42. The van der Waals surface area contributed by atoms with E-state index < -0.39 is 6.17 Å². The standard InChI is InChI=1S/C21H22FN5O/c1-27(18-10-14-2-3-17(24-14)21(18)22)20-5-4-16(25-26-20)15-8-12-6-7-23-11-13(12)9-19(15)28/h4-9,11,14,17-18,21,24,28H,2-3,10H2,1H3/t14-,17+,18-,21+/m0/s1. The second-order valence-corrected chi connectivity index (χ2v) is 7.77. The Kier molecular flexibility index (Phi) is 4.12. The Morgan fingerprint density at radius 1 is 1.14 bits per heavy atom. The molecule has 1 aromatic carbocycles. The van der Waals surface area contributed by atoms with Crippen LogP contribution in [-0.2, 0) is 0 Å². The van der Waals surface area contributed by atoms with E-state index in [1.807, 2.05) is 36.2 Å². The van der Waals surface area contributed by atoms with Crippen molar-refractivity contribution in [1.29, 1.82) is 0 Å². The Bertz CT molecular complexity index is 1010. The van der Waals surface area contributed by atoms with E-state index in [9.17, 15) is 9.50 Å². The number of anilines is 1. The van der Waals surface area contributed by atoms with Crippen molar-refractivity contribution in [2.24, 2.45) is 0 Å². The van der Waals surface area contributed by atoms with E-state index in [1.165, 1.54) is 0 Å². The molecular weight excluding hydrogens is 357 g/mol. The molecule has 2 saturated heterocycles. The van der Waals surface area contributed by atoms with Gasteiger partial charge in [-0.3, -0.25) is 4.98 Å². The van der Waals surface area contributed by atoms with Crippen LogP contribution in [0.25, 0.3) is 22.0 Å². The molecule has 7 heteroatoms. The molecule has 0 aliphatic carbocycles. The zero-order chi connectivity index (χ0) is 19.3. The number of benzene rings is 1. The molecule has 2 aromatic heterocycles. The van der Waals surface area contributed by atoms with Crippen LogP contribution in [0.2, 0.25) is 0 Å². The molecule has 144 valence electrons. The smallest absolute Gasteiger partial charge is 0.151 e. The first kappa shape index (κ1) is 17.3. The first-order valence-corrected chi connectivity index (χ1v) is 9.64. The summed E-state index contributed by atoms with van der Waals surface area (Å²) in [4.78, 5) is 5.98. The maximum atomic E-state index is 14.8. The number of halogens is 1. The summed E-state index contributed by atoms with van der Waals surface area (Å²) in [6.45, 7) is 0. The first-order valence-electron chi connectivity index (χ1n) is 9.64. The summed E-state index contributed by atoms with van der Waals surface area (Å²) in [5.74, 6) is 0.775. The summed E-state index contributed by atoms with van der Waals surface area (Å²) in [5, 5.41) is 24.2. The number of alkyl halides is 1. The zero-order valence-electron chi connectivity index (χ0n) is 15.6. The van der Waals surface area contributed by atoms with Gasteiger partial charge in [-0.05, 0) is 55.0 Å². The molecule has 5 rings (SSSR count). The van der Waals surface area contributed by atoms with Gasteiger partial charge < -0.3 is 15.3 Å². The third kappa shape index (κ3) is 2.86. The number of aromatic hydroxyl groups is 1. The number of phenolic OH excluding ortho intramolecular Hbond substituents is 1. The lowest BCUT2D eigenvalue weighted by atomic mass is 9.96. The van der Waals surface area contributed by atoms with Gasteiger partial charge in [0.05, 0.1) is 11.7 Å². The van der Waals surface area contributed by atoms with Crippen molar-refractivity contribution in [3.63, 3.8) is 0 Å². The molecule has 0 unspecified atom stereocenters. The molecule has 0 saturated carbocycles. The lowest BCUT2D eigenvalue weighted by Crippen LogP contribution is -2.55. The van der Waals surface area contributed by atoms with Gasteiger partial charge in [0.2, 0.25) is 0 Å². The summed E-state index contributed by atoms with van der Waals surface area (Å²) in [7, 11) is 1.88. The number of fused-ring (bicyclic) bond motifs is 3. The fraction of sp³-hybridized carbons (Fsp3) is 0.381. The molecule has 28 heavy (non-hydrogen) atoms. The number of hydrogen-bond donors (Lipinski definition) is 2. The van der Waals surface area contributed by atoms with Crippen LogP contribution in [-0.4, -0.2) is 51.6 Å². The molecule has 2 bridgehead atoms. The molecule has 2 fully saturated rings. The van der Waals surface area contributed by atoms with E-state index in [2.05, 4.69) is 20.5 Å². The fourth-order valence-electron chi connectivity index (χ4n) is 4.50. The van der Waals surface area contributed by atoms with Crippen molar-refractivity contribution in [2.75, 3.05) is 11.9 Å². The van der Waals surface area contributed by atoms with E-state index in [0.717, 1.165) is 30.0 Å². The number of nitrogens with zero attached hydrogens (tertiary/aromatic N) is 4. The molecule has 0 radical (unpaired) electrons. The van der Waals surface area contributed by atoms with Gasteiger partial charge in [0.1, 0.15) is 11.9 Å². The number of phenols is 1. The van der Waals surface area contributed by atoms with Crippen molar-refractivity contribution in [3.05, 3.63) is 42.7 Å². The monoisotopic (exact) mass is 379 g/mol. The van der Waals surface area contributed by atoms with Crippen molar-refractivity contribution in [3.8, 4) is 17.0 Å². The van der Waals surface area contributed by atoms with Gasteiger partial charge in [-0.15, -0.1) is 10.2 Å². The molecule has 3 aromatic rings. The predicted octanol–water partition coefficient (Wildman–Crippen LogP) is 3.06. The van der Waals surface area contributed by atoms with E-state index in [0.29, 0.717) is 23.1 Å². The topological polar surface area (TPSA) is 74.2 Å². The maximum absolute atomic E-state index is 14.8. The van der Waals surface area contributed by atoms with Gasteiger partial charge >= 0.3 is 0 Å². The lowest BCUT2D eigenvalue weighted by Gasteiger charge is -2.38. The van der Waals surface area contributed by atoms with E-state index in [-0.39, 0.29) is 17.8 Å². The Morgan fingerprint density at radius 2 is 2.04 bits per heavy atom.